The van der Waals surface area contributed by atoms with Gasteiger partial charge in [0.2, 0.25) is 11.2 Å². The summed E-state index contributed by atoms with van der Waals surface area (Å²) in [5.74, 6) is 0.398. The first-order valence-electron chi connectivity index (χ1n) is 4.15. The van der Waals surface area contributed by atoms with Crippen LogP contribution in [-0.2, 0) is 0 Å². The minimum Gasteiger partial charge on any atom is -0.467 e. The topological polar surface area (TPSA) is 86.0 Å². The van der Waals surface area contributed by atoms with Crippen LogP contribution in [0.3, 0.4) is 0 Å². The first kappa shape index (κ1) is 10.9. The zero-order valence-corrected chi connectivity index (χ0v) is 8.58. The van der Waals surface area contributed by atoms with Gasteiger partial charge in [0, 0.05) is 6.54 Å². The molecule has 0 bridgehead atoms. The number of methoxy groups -OCH3 is 1. The lowest BCUT2D eigenvalue weighted by Gasteiger charge is -2.04. The Hall–Kier alpha value is -1.14. The van der Waals surface area contributed by atoms with E-state index in [9.17, 15) is 0 Å². The Balaban J connectivity index is 2.62. The van der Waals surface area contributed by atoms with Crippen molar-refractivity contribution in [3.8, 4) is 6.01 Å². The lowest BCUT2D eigenvalue weighted by atomic mass is 10.4. The quantitative estimate of drug-likeness (QED) is 0.690. The van der Waals surface area contributed by atoms with E-state index in [0.717, 1.165) is 6.42 Å². The minimum atomic E-state index is 0.104. The van der Waals surface area contributed by atoms with Gasteiger partial charge in [-0.3, -0.25) is 0 Å². The second-order valence-electron chi connectivity index (χ2n) is 2.48. The Morgan fingerprint density at radius 1 is 1.43 bits per heavy atom. The number of aromatic nitrogens is 3. The van der Waals surface area contributed by atoms with Crippen molar-refractivity contribution in [3.63, 3.8) is 0 Å². The van der Waals surface area contributed by atoms with Crippen LogP contribution in [0.4, 0.5) is 5.95 Å². The van der Waals surface area contributed by atoms with E-state index < -0.39 is 0 Å². The molecule has 1 rings (SSSR count). The second-order valence-corrected chi connectivity index (χ2v) is 2.82. The fourth-order valence-corrected chi connectivity index (χ4v) is 0.957. The number of nitrogens with two attached hydrogens (primary N) is 1. The standard InChI is InChI=1S/C7H12ClN5O/c1-14-7-12-5(8)11-6(13-7)10-4-2-3-9/h2-4,9H2,1H3,(H,10,11,12,13). The summed E-state index contributed by atoms with van der Waals surface area (Å²) in [5.41, 5.74) is 5.33. The molecule has 0 spiro atoms. The zero-order chi connectivity index (χ0) is 10.4. The predicted molar refractivity (Wildman–Crippen MR) is 53.6 cm³/mol. The van der Waals surface area contributed by atoms with Crippen LogP contribution < -0.4 is 15.8 Å². The van der Waals surface area contributed by atoms with Crippen LogP contribution in [0, 0.1) is 0 Å². The third-order valence-corrected chi connectivity index (χ3v) is 1.60. The molecule has 0 aliphatic rings. The van der Waals surface area contributed by atoms with Gasteiger partial charge in [0.25, 0.3) is 0 Å². The number of hydrogen-bond donors (Lipinski definition) is 2. The number of nitrogens with one attached hydrogen (secondary N) is 1. The number of halogens is 1. The normalized spacial score (nSPS) is 9.93. The van der Waals surface area contributed by atoms with Crippen molar-refractivity contribution in [1.82, 2.24) is 15.0 Å². The van der Waals surface area contributed by atoms with Gasteiger partial charge in [-0.2, -0.15) is 15.0 Å². The summed E-state index contributed by atoms with van der Waals surface area (Å²) in [7, 11) is 1.47. The number of nitrogens with zero attached hydrogens (tertiary/aromatic N) is 3. The fourth-order valence-electron chi connectivity index (χ4n) is 0.805. The van der Waals surface area contributed by atoms with E-state index in [1.165, 1.54) is 7.11 Å². The van der Waals surface area contributed by atoms with Crippen LogP contribution in [-0.4, -0.2) is 35.2 Å². The Bertz CT molecular complexity index is 295. The maximum atomic E-state index is 5.63. The average molecular weight is 218 g/mol. The molecule has 0 aliphatic heterocycles. The van der Waals surface area contributed by atoms with Crippen LogP contribution in [0.5, 0.6) is 6.01 Å². The van der Waals surface area contributed by atoms with E-state index in [1.807, 2.05) is 0 Å². The van der Waals surface area contributed by atoms with Gasteiger partial charge in [-0.15, -0.1) is 0 Å². The van der Waals surface area contributed by atoms with E-state index in [1.54, 1.807) is 0 Å². The highest BCUT2D eigenvalue weighted by molar-refractivity contribution is 6.28. The average Bonchev–Trinajstić information content (AvgIpc) is 2.17. The molecule has 0 unspecified atom stereocenters. The van der Waals surface area contributed by atoms with Crippen LogP contribution in [0.25, 0.3) is 0 Å². The number of rotatable bonds is 5. The van der Waals surface area contributed by atoms with Crippen LogP contribution in [0.15, 0.2) is 0 Å². The molecular formula is C7H12ClN5O. The molecule has 1 aromatic rings. The van der Waals surface area contributed by atoms with Crippen molar-refractivity contribution >= 4 is 17.5 Å². The van der Waals surface area contributed by atoms with Crippen molar-refractivity contribution in [1.29, 1.82) is 0 Å². The maximum Gasteiger partial charge on any atom is 0.322 e. The number of ether oxygens (including phenoxy) is 1. The van der Waals surface area contributed by atoms with Crippen LogP contribution in [0.2, 0.25) is 5.28 Å². The summed E-state index contributed by atoms with van der Waals surface area (Å²) < 4.78 is 4.83. The highest BCUT2D eigenvalue weighted by atomic mass is 35.5. The molecule has 7 heteroatoms. The highest BCUT2D eigenvalue weighted by Crippen LogP contribution is 2.10. The molecule has 0 aromatic carbocycles. The van der Waals surface area contributed by atoms with Crippen molar-refractivity contribution in [2.75, 3.05) is 25.5 Å². The Morgan fingerprint density at radius 2 is 2.21 bits per heavy atom. The van der Waals surface area contributed by atoms with E-state index in [-0.39, 0.29) is 11.3 Å². The summed E-state index contributed by atoms with van der Waals surface area (Å²) in [6.45, 7) is 1.31. The van der Waals surface area contributed by atoms with Crippen molar-refractivity contribution in [3.05, 3.63) is 5.28 Å². The Morgan fingerprint density at radius 3 is 2.86 bits per heavy atom. The molecule has 0 saturated carbocycles. The predicted octanol–water partition coefficient (Wildman–Crippen LogP) is 0.294. The van der Waals surface area contributed by atoms with E-state index >= 15 is 0 Å². The molecule has 0 saturated heterocycles. The number of hydrogen-bond acceptors (Lipinski definition) is 6. The Kier molecular flexibility index (Phi) is 4.34. The summed E-state index contributed by atoms with van der Waals surface area (Å²) in [6.07, 6.45) is 0.839. The molecule has 0 radical (unpaired) electrons. The summed E-state index contributed by atoms with van der Waals surface area (Å²) >= 11 is 5.63. The van der Waals surface area contributed by atoms with Gasteiger partial charge in [-0.05, 0) is 24.6 Å². The molecule has 0 amide bonds. The van der Waals surface area contributed by atoms with Gasteiger partial charge in [0.15, 0.2) is 0 Å². The minimum absolute atomic E-state index is 0.104. The van der Waals surface area contributed by atoms with Crippen molar-refractivity contribution in [2.24, 2.45) is 5.73 Å². The molecule has 78 valence electrons. The molecular weight excluding hydrogens is 206 g/mol. The van der Waals surface area contributed by atoms with Crippen molar-refractivity contribution in [2.45, 2.75) is 6.42 Å². The third kappa shape index (κ3) is 3.31. The highest BCUT2D eigenvalue weighted by Gasteiger charge is 2.03. The number of anilines is 1. The maximum absolute atomic E-state index is 5.63. The molecule has 14 heavy (non-hydrogen) atoms. The molecule has 1 aromatic heterocycles. The van der Waals surface area contributed by atoms with Gasteiger partial charge < -0.3 is 15.8 Å². The fraction of sp³-hybridized carbons (Fsp3) is 0.571. The first-order chi connectivity index (χ1) is 6.76. The third-order valence-electron chi connectivity index (χ3n) is 1.43. The lowest BCUT2D eigenvalue weighted by Crippen LogP contribution is -2.11. The Labute approximate surface area is 86.9 Å². The SMILES string of the molecule is COc1nc(Cl)nc(NCCCN)n1. The summed E-state index contributed by atoms with van der Waals surface area (Å²) in [6, 6.07) is 0.195. The van der Waals surface area contributed by atoms with Gasteiger partial charge in [-0.25, -0.2) is 0 Å². The van der Waals surface area contributed by atoms with Crippen LogP contribution >= 0.6 is 11.6 Å². The molecule has 0 aliphatic carbocycles. The molecule has 0 fully saturated rings. The van der Waals surface area contributed by atoms with E-state index in [0.29, 0.717) is 19.0 Å². The van der Waals surface area contributed by atoms with Gasteiger partial charge in [-0.1, -0.05) is 0 Å². The lowest BCUT2D eigenvalue weighted by molar-refractivity contribution is 0.379. The van der Waals surface area contributed by atoms with Gasteiger partial charge in [0.1, 0.15) is 0 Å². The monoisotopic (exact) mass is 217 g/mol. The largest absolute Gasteiger partial charge is 0.467 e. The van der Waals surface area contributed by atoms with Gasteiger partial charge >= 0.3 is 6.01 Å². The molecule has 6 nitrogen and oxygen atoms in total. The second kappa shape index (κ2) is 5.56. The summed E-state index contributed by atoms with van der Waals surface area (Å²) in [4.78, 5) is 11.5. The van der Waals surface area contributed by atoms with Crippen LogP contribution in [0.1, 0.15) is 6.42 Å². The van der Waals surface area contributed by atoms with Gasteiger partial charge in [0.05, 0.1) is 7.11 Å². The molecule has 0 atom stereocenters. The van der Waals surface area contributed by atoms with E-state index in [4.69, 9.17) is 22.1 Å². The first-order valence-corrected chi connectivity index (χ1v) is 4.53. The van der Waals surface area contributed by atoms with E-state index in [2.05, 4.69) is 20.3 Å². The zero-order valence-electron chi connectivity index (χ0n) is 7.83. The molecule has 3 N–H and O–H groups in total. The summed E-state index contributed by atoms with van der Waals surface area (Å²) in [5, 5.41) is 3.06. The smallest absolute Gasteiger partial charge is 0.322 e. The van der Waals surface area contributed by atoms with Crippen molar-refractivity contribution < 1.29 is 4.74 Å². The molecule has 1 heterocycles.